The van der Waals surface area contributed by atoms with Crippen LogP contribution in [-0.4, -0.2) is 41.8 Å². The number of rotatable bonds is 6. The van der Waals surface area contributed by atoms with Crippen LogP contribution in [-0.2, 0) is 9.53 Å². The van der Waals surface area contributed by atoms with E-state index in [4.69, 9.17) is 9.84 Å². The molecule has 0 aliphatic carbocycles. The Labute approximate surface area is 120 Å². The summed E-state index contributed by atoms with van der Waals surface area (Å²) in [5, 5.41) is 9.16. The lowest BCUT2D eigenvalue weighted by atomic mass is 9.98. The van der Waals surface area contributed by atoms with E-state index in [1.807, 2.05) is 37.3 Å². The lowest BCUT2D eigenvalue weighted by Crippen LogP contribution is -2.40. The van der Waals surface area contributed by atoms with E-state index in [1.54, 1.807) is 0 Å². The summed E-state index contributed by atoms with van der Waals surface area (Å²) in [7, 11) is 0. The number of carbonyl (C=O) groups is 1. The number of ether oxygens (including phenoxy) is 1. The number of carboxylic acids is 1. The number of piperidine rings is 1. The maximum absolute atomic E-state index is 11.1. The van der Waals surface area contributed by atoms with Crippen molar-refractivity contribution in [2.75, 3.05) is 19.7 Å². The molecule has 0 radical (unpaired) electrons. The van der Waals surface area contributed by atoms with Crippen LogP contribution in [0.2, 0.25) is 0 Å². The van der Waals surface area contributed by atoms with Crippen molar-refractivity contribution in [2.45, 2.75) is 38.3 Å². The molecule has 1 atom stereocenters. The molecule has 1 aliphatic heterocycles. The molecule has 0 amide bonds. The number of hydrogen-bond donors (Lipinski definition) is 1. The van der Waals surface area contributed by atoms with Crippen molar-refractivity contribution in [1.29, 1.82) is 0 Å². The number of likely N-dealkylation sites (tertiary alicyclic amines) is 1. The van der Waals surface area contributed by atoms with Gasteiger partial charge in [0.05, 0.1) is 12.5 Å². The first kappa shape index (κ1) is 15.0. The fraction of sp³-hybridized carbons (Fsp3) is 0.562. The molecule has 1 aliphatic rings. The lowest BCUT2D eigenvalue weighted by molar-refractivity contribution is -0.138. The van der Waals surface area contributed by atoms with Crippen LogP contribution in [0, 0.1) is 0 Å². The molecule has 0 spiro atoms. The predicted octanol–water partition coefficient (Wildman–Crippen LogP) is 2.70. The molecular formula is C16H23NO3. The lowest BCUT2D eigenvalue weighted by Gasteiger charge is -2.37. The minimum atomic E-state index is -0.745. The summed E-state index contributed by atoms with van der Waals surface area (Å²) >= 11 is 0. The van der Waals surface area contributed by atoms with Crippen LogP contribution in [0.3, 0.4) is 0 Å². The zero-order chi connectivity index (χ0) is 14.4. The summed E-state index contributed by atoms with van der Waals surface area (Å²) in [6, 6.07) is 9.90. The van der Waals surface area contributed by atoms with Gasteiger partial charge in [-0.05, 0) is 25.3 Å². The molecule has 4 nitrogen and oxygen atoms in total. The van der Waals surface area contributed by atoms with Crippen molar-refractivity contribution in [3.8, 4) is 0 Å². The molecule has 4 heteroatoms. The summed E-state index contributed by atoms with van der Waals surface area (Å²) in [6.07, 6.45) is 2.45. The molecule has 1 heterocycles. The summed E-state index contributed by atoms with van der Waals surface area (Å²) < 4.78 is 5.65. The van der Waals surface area contributed by atoms with Gasteiger partial charge in [0.15, 0.2) is 0 Å². The topological polar surface area (TPSA) is 49.8 Å². The molecule has 1 aromatic carbocycles. The van der Waals surface area contributed by atoms with Gasteiger partial charge in [0.25, 0.3) is 0 Å². The molecule has 0 aromatic heterocycles. The average Bonchev–Trinajstić information content (AvgIpc) is 2.47. The molecule has 2 rings (SSSR count). The zero-order valence-corrected chi connectivity index (χ0v) is 12.0. The Hall–Kier alpha value is -1.39. The first-order valence-corrected chi connectivity index (χ1v) is 7.33. The molecule has 1 unspecified atom stereocenters. The van der Waals surface area contributed by atoms with Crippen molar-refractivity contribution in [2.24, 2.45) is 0 Å². The molecular weight excluding hydrogens is 254 g/mol. The molecule has 0 bridgehead atoms. The Morgan fingerprint density at radius 3 is 2.55 bits per heavy atom. The van der Waals surface area contributed by atoms with E-state index >= 15 is 0 Å². The predicted molar refractivity (Wildman–Crippen MR) is 77.7 cm³/mol. The van der Waals surface area contributed by atoms with Crippen molar-refractivity contribution in [1.82, 2.24) is 4.90 Å². The summed E-state index contributed by atoms with van der Waals surface area (Å²) in [4.78, 5) is 13.4. The number of hydrogen-bond acceptors (Lipinski definition) is 3. The molecule has 1 fully saturated rings. The number of nitrogens with zero attached hydrogens (tertiary/aromatic N) is 1. The molecule has 1 aromatic rings. The second-order valence-electron chi connectivity index (χ2n) is 5.22. The van der Waals surface area contributed by atoms with Gasteiger partial charge < -0.3 is 9.84 Å². The number of carboxylic acid groups (broad SMARTS) is 1. The third kappa shape index (κ3) is 4.05. The minimum absolute atomic E-state index is 0.0312. The summed E-state index contributed by atoms with van der Waals surface area (Å²) in [5.74, 6) is -0.745. The Balaban J connectivity index is 2.03. The summed E-state index contributed by atoms with van der Waals surface area (Å²) in [5.41, 5.74) is 1.09. The van der Waals surface area contributed by atoms with Gasteiger partial charge in [-0.15, -0.1) is 0 Å². The van der Waals surface area contributed by atoms with E-state index < -0.39 is 5.97 Å². The fourth-order valence-corrected chi connectivity index (χ4v) is 2.89. The highest BCUT2D eigenvalue weighted by Crippen LogP contribution is 2.28. The Morgan fingerprint density at radius 1 is 1.35 bits per heavy atom. The van der Waals surface area contributed by atoms with Crippen LogP contribution in [0.5, 0.6) is 0 Å². The van der Waals surface area contributed by atoms with Gasteiger partial charge in [-0.25, -0.2) is 0 Å². The first-order chi connectivity index (χ1) is 9.70. The van der Waals surface area contributed by atoms with Gasteiger partial charge in [0.2, 0.25) is 0 Å². The van der Waals surface area contributed by atoms with Crippen LogP contribution in [0.15, 0.2) is 30.3 Å². The van der Waals surface area contributed by atoms with Gasteiger partial charge in [-0.3, -0.25) is 9.69 Å². The number of aliphatic carboxylic acids is 1. The van der Waals surface area contributed by atoms with Crippen LogP contribution < -0.4 is 0 Å². The number of benzene rings is 1. The third-order valence-corrected chi connectivity index (χ3v) is 3.87. The largest absolute Gasteiger partial charge is 0.481 e. The van der Waals surface area contributed by atoms with Gasteiger partial charge in [0.1, 0.15) is 0 Å². The van der Waals surface area contributed by atoms with Crippen LogP contribution in [0.25, 0.3) is 0 Å². The van der Waals surface area contributed by atoms with Crippen molar-refractivity contribution in [3.05, 3.63) is 35.9 Å². The Bertz CT molecular complexity index is 413. The minimum Gasteiger partial charge on any atom is -0.481 e. The van der Waals surface area contributed by atoms with E-state index in [2.05, 4.69) is 4.90 Å². The SMILES string of the molecule is CCOC1CCN(C(CC(=O)O)c2ccccc2)CC1. The highest BCUT2D eigenvalue weighted by atomic mass is 16.5. The van der Waals surface area contributed by atoms with E-state index in [0.29, 0.717) is 6.10 Å². The van der Waals surface area contributed by atoms with Crippen LogP contribution in [0.1, 0.15) is 37.8 Å². The van der Waals surface area contributed by atoms with Gasteiger partial charge in [-0.1, -0.05) is 30.3 Å². The van der Waals surface area contributed by atoms with E-state index in [1.165, 1.54) is 0 Å². The monoisotopic (exact) mass is 277 g/mol. The molecule has 0 saturated carbocycles. The smallest absolute Gasteiger partial charge is 0.305 e. The molecule has 20 heavy (non-hydrogen) atoms. The maximum atomic E-state index is 11.1. The van der Waals surface area contributed by atoms with E-state index in [9.17, 15) is 4.79 Å². The van der Waals surface area contributed by atoms with Crippen molar-refractivity contribution >= 4 is 5.97 Å². The first-order valence-electron chi connectivity index (χ1n) is 7.33. The van der Waals surface area contributed by atoms with Gasteiger partial charge in [0, 0.05) is 25.7 Å². The van der Waals surface area contributed by atoms with Crippen LogP contribution >= 0.6 is 0 Å². The Morgan fingerprint density at radius 2 is 2.00 bits per heavy atom. The van der Waals surface area contributed by atoms with Gasteiger partial charge >= 0.3 is 5.97 Å². The normalized spacial score (nSPS) is 18.9. The standard InChI is InChI=1S/C16H23NO3/c1-2-20-14-8-10-17(11-9-14)15(12-16(18)19)13-6-4-3-5-7-13/h3-7,14-15H,2,8-12H2,1H3,(H,18,19). The van der Waals surface area contributed by atoms with E-state index in [-0.39, 0.29) is 12.5 Å². The Kier molecular flexibility index (Phi) is 5.56. The summed E-state index contributed by atoms with van der Waals surface area (Å²) in [6.45, 7) is 4.57. The fourth-order valence-electron chi connectivity index (χ4n) is 2.89. The highest BCUT2D eigenvalue weighted by Gasteiger charge is 2.27. The average molecular weight is 277 g/mol. The molecule has 1 N–H and O–H groups in total. The van der Waals surface area contributed by atoms with E-state index in [0.717, 1.165) is 38.1 Å². The quantitative estimate of drug-likeness (QED) is 0.868. The maximum Gasteiger partial charge on any atom is 0.305 e. The van der Waals surface area contributed by atoms with Crippen LogP contribution in [0.4, 0.5) is 0 Å². The second-order valence-corrected chi connectivity index (χ2v) is 5.22. The molecule has 110 valence electrons. The third-order valence-electron chi connectivity index (χ3n) is 3.87. The van der Waals surface area contributed by atoms with Crippen molar-refractivity contribution < 1.29 is 14.6 Å². The van der Waals surface area contributed by atoms with Gasteiger partial charge in [-0.2, -0.15) is 0 Å². The highest BCUT2D eigenvalue weighted by molar-refractivity contribution is 5.68. The second kappa shape index (κ2) is 7.41. The zero-order valence-electron chi connectivity index (χ0n) is 12.0. The molecule has 1 saturated heterocycles. The van der Waals surface area contributed by atoms with Crippen molar-refractivity contribution in [3.63, 3.8) is 0 Å².